The molecule has 5 aromatic carbocycles. The highest BCUT2D eigenvalue weighted by atomic mass is 31.1. The highest BCUT2D eigenvalue weighted by Crippen LogP contribution is 2.42. The molecule has 0 aromatic heterocycles. The topological polar surface area (TPSA) is 20.2 Å². The van der Waals surface area contributed by atoms with Gasteiger partial charge in [0.2, 0.25) is 0 Å². The quantitative estimate of drug-likeness (QED) is 0.316. The van der Waals surface area contributed by atoms with Crippen LogP contribution < -0.4 is 15.9 Å². The lowest BCUT2D eigenvalue weighted by atomic mass is 9.97. The summed E-state index contributed by atoms with van der Waals surface area (Å²) in [5.41, 5.74) is 3.79. The second-order valence-corrected chi connectivity index (χ2v) is 9.78. The van der Waals surface area contributed by atoms with Gasteiger partial charge in [-0.15, -0.1) is 0 Å². The summed E-state index contributed by atoms with van der Waals surface area (Å²) in [7, 11) is -0.778. The summed E-state index contributed by atoms with van der Waals surface area (Å²) >= 11 is 0. The smallest absolute Gasteiger partial charge is 0.131 e. The van der Waals surface area contributed by atoms with E-state index in [1.54, 1.807) is 0 Å². The third kappa shape index (κ3) is 3.96. The minimum atomic E-state index is -0.778. The zero-order valence-electron chi connectivity index (χ0n) is 17.6. The Labute approximate surface area is 190 Å². The van der Waals surface area contributed by atoms with Gasteiger partial charge in [-0.2, -0.15) is 0 Å². The summed E-state index contributed by atoms with van der Waals surface area (Å²) < 4.78 is 0. The van der Waals surface area contributed by atoms with E-state index in [9.17, 15) is 5.11 Å². The predicted octanol–water partition coefficient (Wildman–Crippen LogP) is 6.48. The molecule has 0 atom stereocenters. The van der Waals surface area contributed by atoms with Crippen molar-refractivity contribution in [2.75, 3.05) is 0 Å². The molecule has 0 spiro atoms. The third-order valence-electron chi connectivity index (χ3n) is 5.58. The Hall–Kier alpha value is -3.67. The highest BCUT2D eigenvalue weighted by molar-refractivity contribution is 7.80. The van der Waals surface area contributed by atoms with Crippen molar-refractivity contribution in [1.82, 2.24) is 0 Å². The van der Waals surface area contributed by atoms with Crippen LogP contribution in [0.25, 0.3) is 22.3 Å². The molecular weight excluding hydrogens is 407 g/mol. The van der Waals surface area contributed by atoms with Crippen molar-refractivity contribution in [1.29, 1.82) is 0 Å². The largest absolute Gasteiger partial charge is 0.507 e. The fraction of sp³-hybridized carbons (Fsp3) is 0. The van der Waals surface area contributed by atoms with Gasteiger partial charge in [0.05, 0.1) is 0 Å². The van der Waals surface area contributed by atoms with Crippen molar-refractivity contribution in [2.24, 2.45) is 0 Å². The van der Waals surface area contributed by atoms with Crippen molar-refractivity contribution < 1.29 is 5.11 Å². The van der Waals surface area contributed by atoms with Gasteiger partial charge < -0.3 is 5.11 Å². The molecular formula is C30H23OP. The zero-order valence-corrected chi connectivity index (χ0v) is 18.5. The molecule has 0 heterocycles. The van der Waals surface area contributed by atoms with Crippen LogP contribution in [0, 0.1) is 0 Å². The van der Waals surface area contributed by atoms with E-state index in [0.29, 0.717) is 5.75 Å². The molecule has 0 aliphatic carbocycles. The second-order valence-electron chi connectivity index (χ2n) is 7.59. The van der Waals surface area contributed by atoms with Crippen molar-refractivity contribution in [3.63, 3.8) is 0 Å². The van der Waals surface area contributed by atoms with Crippen LogP contribution in [-0.4, -0.2) is 5.11 Å². The number of benzene rings is 5. The minimum absolute atomic E-state index is 0.322. The molecule has 0 aliphatic rings. The van der Waals surface area contributed by atoms with Crippen molar-refractivity contribution in [3.05, 3.63) is 133 Å². The number of phenols is 1. The molecule has 0 unspecified atom stereocenters. The molecule has 0 saturated heterocycles. The van der Waals surface area contributed by atoms with Crippen LogP contribution in [0.15, 0.2) is 133 Å². The maximum atomic E-state index is 11.4. The van der Waals surface area contributed by atoms with Gasteiger partial charge >= 0.3 is 0 Å². The molecule has 2 heteroatoms. The normalized spacial score (nSPS) is 10.9. The van der Waals surface area contributed by atoms with Gasteiger partial charge in [0.1, 0.15) is 5.75 Å². The van der Waals surface area contributed by atoms with Crippen LogP contribution in [0.2, 0.25) is 0 Å². The number of rotatable bonds is 5. The van der Waals surface area contributed by atoms with Crippen LogP contribution in [-0.2, 0) is 0 Å². The van der Waals surface area contributed by atoms with Crippen LogP contribution >= 0.6 is 7.92 Å². The van der Waals surface area contributed by atoms with Crippen molar-refractivity contribution >= 4 is 23.8 Å². The lowest BCUT2D eigenvalue weighted by Gasteiger charge is -2.23. The maximum Gasteiger partial charge on any atom is 0.131 e. The first-order valence-corrected chi connectivity index (χ1v) is 12.0. The molecule has 5 aromatic rings. The lowest BCUT2D eigenvalue weighted by molar-refractivity contribution is 0.479. The number of aromatic hydroxyl groups is 1. The molecule has 0 saturated carbocycles. The molecule has 0 amide bonds. The number of phenolic OH excluding ortho intramolecular Hbond substituents is 1. The Bertz CT molecular complexity index is 1280. The van der Waals surface area contributed by atoms with E-state index >= 15 is 0 Å². The Morgan fingerprint density at radius 2 is 0.875 bits per heavy atom. The van der Waals surface area contributed by atoms with Gasteiger partial charge in [-0.25, -0.2) is 0 Å². The van der Waals surface area contributed by atoms with Crippen molar-refractivity contribution in [3.8, 4) is 28.0 Å². The third-order valence-corrected chi connectivity index (χ3v) is 8.09. The highest BCUT2D eigenvalue weighted by Gasteiger charge is 2.21. The van der Waals surface area contributed by atoms with E-state index in [1.807, 2.05) is 48.5 Å². The Morgan fingerprint density at radius 3 is 1.50 bits per heavy atom. The summed E-state index contributed by atoms with van der Waals surface area (Å²) in [6.07, 6.45) is 0. The maximum absolute atomic E-state index is 11.4. The fourth-order valence-corrected chi connectivity index (χ4v) is 6.56. The minimum Gasteiger partial charge on any atom is -0.507 e. The molecule has 0 fully saturated rings. The van der Waals surface area contributed by atoms with E-state index in [-0.39, 0.29) is 0 Å². The number of para-hydroxylation sites is 1. The summed E-state index contributed by atoms with van der Waals surface area (Å²) in [5, 5.41) is 15.2. The fourth-order valence-electron chi connectivity index (χ4n) is 4.09. The Balaban J connectivity index is 1.71. The predicted molar refractivity (Wildman–Crippen MR) is 138 cm³/mol. The molecule has 154 valence electrons. The monoisotopic (exact) mass is 430 g/mol. The first-order valence-electron chi connectivity index (χ1n) is 10.7. The summed E-state index contributed by atoms with van der Waals surface area (Å²) in [4.78, 5) is 0. The SMILES string of the molecule is Oc1c(-c2ccccc2)cccc1-c1ccccc1P(c1ccccc1)c1ccccc1. The zero-order chi connectivity index (χ0) is 21.8. The van der Waals surface area contributed by atoms with Crippen LogP contribution in [0.5, 0.6) is 5.75 Å². The van der Waals surface area contributed by atoms with Crippen LogP contribution in [0.4, 0.5) is 0 Å². The first kappa shape index (κ1) is 20.2. The number of hydrogen-bond acceptors (Lipinski definition) is 1. The second kappa shape index (κ2) is 9.22. The average Bonchev–Trinajstić information content (AvgIpc) is 2.87. The van der Waals surface area contributed by atoms with E-state index in [0.717, 1.165) is 22.3 Å². The van der Waals surface area contributed by atoms with Gasteiger partial charge in [0, 0.05) is 11.1 Å². The summed E-state index contributed by atoms with van der Waals surface area (Å²) in [6.45, 7) is 0. The molecule has 0 aliphatic heterocycles. The number of hydrogen-bond donors (Lipinski definition) is 1. The van der Waals surface area contributed by atoms with Gasteiger partial charge in [0.15, 0.2) is 0 Å². The Kier molecular flexibility index (Phi) is 5.83. The van der Waals surface area contributed by atoms with Crippen LogP contribution in [0.1, 0.15) is 0 Å². The van der Waals surface area contributed by atoms with E-state index in [1.165, 1.54) is 15.9 Å². The molecule has 1 nitrogen and oxygen atoms in total. The van der Waals surface area contributed by atoms with Gasteiger partial charge in [-0.05, 0) is 35.0 Å². The molecule has 32 heavy (non-hydrogen) atoms. The van der Waals surface area contributed by atoms with Gasteiger partial charge in [-0.1, -0.05) is 133 Å². The van der Waals surface area contributed by atoms with Crippen LogP contribution in [0.3, 0.4) is 0 Å². The molecule has 5 rings (SSSR count). The van der Waals surface area contributed by atoms with E-state index in [4.69, 9.17) is 0 Å². The van der Waals surface area contributed by atoms with E-state index < -0.39 is 7.92 Å². The average molecular weight is 430 g/mol. The molecule has 1 N–H and O–H groups in total. The standard InChI is InChI=1S/C30H23OP/c31-30-26(23-13-4-1-5-14-23)20-12-21-28(30)27-19-10-11-22-29(27)32(24-15-6-2-7-16-24)25-17-8-3-9-18-25/h1-22,31H. The van der Waals surface area contributed by atoms with Gasteiger partial charge in [-0.3, -0.25) is 0 Å². The molecule has 0 radical (unpaired) electrons. The Morgan fingerprint density at radius 1 is 0.406 bits per heavy atom. The summed E-state index contributed by atoms with van der Waals surface area (Å²) in [6, 6.07) is 45.9. The lowest BCUT2D eigenvalue weighted by Crippen LogP contribution is -2.22. The van der Waals surface area contributed by atoms with Gasteiger partial charge in [0.25, 0.3) is 0 Å². The molecule has 0 bridgehead atoms. The summed E-state index contributed by atoms with van der Waals surface area (Å²) in [5.74, 6) is 0.322. The first-order chi connectivity index (χ1) is 15.8. The van der Waals surface area contributed by atoms with E-state index in [2.05, 4.69) is 84.9 Å². The van der Waals surface area contributed by atoms with Crippen molar-refractivity contribution in [2.45, 2.75) is 0 Å².